The molecule has 0 aliphatic carbocycles. The summed E-state index contributed by atoms with van der Waals surface area (Å²) in [7, 11) is 0. The van der Waals surface area contributed by atoms with E-state index in [0.717, 1.165) is 0 Å². The molecule has 0 radical (unpaired) electrons. The average Bonchev–Trinajstić information content (AvgIpc) is 2.35. The maximum atomic E-state index is 10.2. The average molecular weight is 253 g/mol. The van der Waals surface area contributed by atoms with Crippen LogP contribution >= 0.6 is 0 Å². The highest BCUT2D eigenvalue weighted by molar-refractivity contribution is 5.44. The molecule has 0 unspecified atom stereocenters. The molecule has 1 aliphatic rings. The largest absolute Gasteiger partial charge is 0.504 e. The first-order valence-corrected chi connectivity index (χ1v) is 6.11. The molecule has 5 heteroatoms. The van der Waals surface area contributed by atoms with Gasteiger partial charge in [0.25, 0.3) is 0 Å². The number of aliphatic hydroxyl groups is 1. The molecule has 18 heavy (non-hydrogen) atoms. The van der Waals surface area contributed by atoms with Crippen LogP contribution in [0.3, 0.4) is 0 Å². The Morgan fingerprint density at radius 1 is 1.22 bits per heavy atom. The Labute approximate surface area is 106 Å². The van der Waals surface area contributed by atoms with E-state index >= 15 is 0 Å². The molecule has 2 rings (SSSR count). The SMILES string of the molecule is Oc1cccc(CNCC2(O)CCOCC2)c1O. The summed E-state index contributed by atoms with van der Waals surface area (Å²) in [5, 5.41) is 32.3. The first kappa shape index (κ1) is 13.1. The number of benzene rings is 1. The van der Waals surface area contributed by atoms with Crippen LogP contribution in [0, 0.1) is 0 Å². The van der Waals surface area contributed by atoms with E-state index < -0.39 is 5.60 Å². The summed E-state index contributed by atoms with van der Waals surface area (Å²) in [6.07, 6.45) is 1.23. The van der Waals surface area contributed by atoms with Crippen LogP contribution in [0.25, 0.3) is 0 Å². The Kier molecular flexibility index (Phi) is 4.06. The highest BCUT2D eigenvalue weighted by Gasteiger charge is 2.29. The number of phenols is 2. The fourth-order valence-corrected chi connectivity index (χ4v) is 2.08. The molecule has 1 saturated heterocycles. The lowest BCUT2D eigenvalue weighted by atomic mass is 9.94. The number of para-hydroxylation sites is 1. The van der Waals surface area contributed by atoms with Crippen molar-refractivity contribution in [3.63, 3.8) is 0 Å². The van der Waals surface area contributed by atoms with Crippen LogP contribution in [0.5, 0.6) is 11.5 Å². The van der Waals surface area contributed by atoms with Crippen molar-refractivity contribution in [1.82, 2.24) is 5.32 Å². The molecule has 1 fully saturated rings. The molecular formula is C13H19NO4. The normalized spacial score (nSPS) is 18.7. The van der Waals surface area contributed by atoms with Gasteiger partial charge in [0.1, 0.15) is 0 Å². The Hall–Kier alpha value is -1.30. The summed E-state index contributed by atoms with van der Waals surface area (Å²) in [6, 6.07) is 4.84. The molecule has 0 aromatic heterocycles. The van der Waals surface area contributed by atoms with E-state index in [1.807, 2.05) is 0 Å². The van der Waals surface area contributed by atoms with Gasteiger partial charge in [-0.1, -0.05) is 12.1 Å². The summed E-state index contributed by atoms with van der Waals surface area (Å²) in [5.41, 5.74) is -0.115. The van der Waals surface area contributed by atoms with Crippen LogP contribution in [0.4, 0.5) is 0 Å². The second-order valence-electron chi connectivity index (χ2n) is 4.73. The van der Waals surface area contributed by atoms with E-state index in [1.165, 1.54) is 6.07 Å². The lowest BCUT2D eigenvalue weighted by Gasteiger charge is -2.32. The van der Waals surface area contributed by atoms with Crippen LogP contribution < -0.4 is 5.32 Å². The Morgan fingerprint density at radius 2 is 1.94 bits per heavy atom. The maximum Gasteiger partial charge on any atom is 0.161 e. The van der Waals surface area contributed by atoms with Crippen molar-refractivity contribution < 1.29 is 20.1 Å². The third-order valence-corrected chi connectivity index (χ3v) is 3.29. The van der Waals surface area contributed by atoms with E-state index in [4.69, 9.17) is 4.74 Å². The second-order valence-corrected chi connectivity index (χ2v) is 4.73. The van der Waals surface area contributed by atoms with Crippen molar-refractivity contribution in [2.45, 2.75) is 25.0 Å². The van der Waals surface area contributed by atoms with Crippen molar-refractivity contribution in [2.75, 3.05) is 19.8 Å². The lowest BCUT2D eigenvalue weighted by Crippen LogP contribution is -2.44. The molecule has 0 amide bonds. The van der Waals surface area contributed by atoms with Gasteiger partial charge in [-0.2, -0.15) is 0 Å². The quantitative estimate of drug-likeness (QED) is 0.595. The van der Waals surface area contributed by atoms with Crippen LogP contribution in [-0.4, -0.2) is 40.7 Å². The van der Waals surface area contributed by atoms with Crippen LogP contribution in [0.15, 0.2) is 18.2 Å². The summed E-state index contributed by atoms with van der Waals surface area (Å²) in [5.74, 6) is -0.233. The van der Waals surface area contributed by atoms with E-state index in [1.54, 1.807) is 12.1 Å². The molecule has 0 saturated carbocycles. The molecule has 0 bridgehead atoms. The van der Waals surface area contributed by atoms with Gasteiger partial charge < -0.3 is 25.4 Å². The third-order valence-electron chi connectivity index (χ3n) is 3.29. The van der Waals surface area contributed by atoms with Gasteiger partial charge in [0.15, 0.2) is 11.5 Å². The first-order valence-electron chi connectivity index (χ1n) is 6.11. The highest BCUT2D eigenvalue weighted by Crippen LogP contribution is 2.28. The second kappa shape index (κ2) is 5.56. The molecule has 1 aromatic rings. The summed E-state index contributed by atoms with van der Waals surface area (Å²) >= 11 is 0. The van der Waals surface area contributed by atoms with Crippen molar-refractivity contribution in [3.8, 4) is 11.5 Å². The number of nitrogens with one attached hydrogen (secondary N) is 1. The maximum absolute atomic E-state index is 10.2. The number of rotatable bonds is 4. The van der Waals surface area contributed by atoms with Gasteiger partial charge >= 0.3 is 0 Å². The highest BCUT2D eigenvalue weighted by atomic mass is 16.5. The number of ether oxygens (including phenoxy) is 1. The van der Waals surface area contributed by atoms with Crippen molar-refractivity contribution in [1.29, 1.82) is 0 Å². The third kappa shape index (κ3) is 3.13. The number of aromatic hydroxyl groups is 2. The predicted octanol–water partition coefficient (Wildman–Crippen LogP) is 0.729. The van der Waals surface area contributed by atoms with Crippen LogP contribution in [0.2, 0.25) is 0 Å². The molecule has 0 atom stereocenters. The number of hydrogen-bond donors (Lipinski definition) is 4. The van der Waals surface area contributed by atoms with E-state index in [-0.39, 0.29) is 11.5 Å². The van der Waals surface area contributed by atoms with E-state index in [9.17, 15) is 15.3 Å². The zero-order chi connectivity index (χ0) is 13.0. The molecule has 5 nitrogen and oxygen atoms in total. The monoisotopic (exact) mass is 253 g/mol. The summed E-state index contributed by atoms with van der Waals surface area (Å²) < 4.78 is 5.20. The molecule has 100 valence electrons. The zero-order valence-corrected chi connectivity index (χ0v) is 10.2. The zero-order valence-electron chi connectivity index (χ0n) is 10.2. The number of hydrogen-bond acceptors (Lipinski definition) is 5. The molecular weight excluding hydrogens is 234 g/mol. The smallest absolute Gasteiger partial charge is 0.161 e. The van der Waals surface area contributed by atoms with Gasteiger partial charge in [-0.15, -0.1) is 0 Å². The van der Waals surface area contributed by atoms with Crippen molar-refractivity contribution in [2.24, 2.45) is 0 Å². The molecule has 1 aliphatic heterocycles. The molecule has 1 aromatic carbocycles. The minimum atomic E-state index is -0.731. The van der Waals surface area contributed by atoms with Crippen LogP contribution in [-0.2, 0) is 11.3 Å². The summed E-state index contributed by atoms with van der Waals surface area (Å²) in [4.78, 5) is 0. The molecule has 1 heterocycles. The summed E-state index contributed by atoms with van der Waals surface area (Å²) in [6.45, 7) is 2.01. The predicted molar refractivity (Wildman–Crippen MR) is 66.5 cm³/mol. The van der Waals surface area contributed by atoms with E-state index in [2.05, 4.69) is 5.32 Å². The minimum absolute atomic E-state index is 0.107. The van der Waals surface area contributed by atoms with Gasteiger partial charge in [0.2, 0.25) is 0 Å². The lowest BCUT2D eigenvalue weighted by molar-refractivity contribution is -0.0617. The van der Waals surface area contributed by atoms with Crippen molar-refractivity contribution in [3.05, 3.63) is 23.8 Å². The Balaban J connectivity index is 1.86. The first-order chi connectivity index (χ1) is 8.61. The van der Waals surface area contributed by atoms with Gasteiger partial charge in [-0.3, -0.25) is 0 Å². The molecule has 4 N–H and O–H groups in total. The van der Waals surface area contributed by atoms with Gasteiger partial charge in [0.05, 0.1) is 5.60 Å². The minimum Gasteiger partial charge on any atom is -0.504 e. The fourth-order valence-electron chi connectivity index (χ4n) is 2.08. The number of phenolic OH excluding ortho intramolecular Hbond substituents is 2. The standard InChI is InChI=1S/C13H19NO4/c15-11-3-1-2-10(12(11)16)8-14-9-13(17)4-6-18-7-5-13/h1-3,14-17H,4-9H2. The van der Waals surface area contributed by atoms with Gasteiger partial charge in [-0.05, 0) is 6.07 Å². The Bertz CT molecular complexity index is 402. The Morgan fingerprint density at radius 3 is 2.67 bits per heavy atom. The van der Waals surface area contributed by atoms with E-state index in [0.29, 0.717) is 44.7 Å². The van der Waals surface area contributed by atoms with Gasteiger partial charge in [-0.25, -0.2) is 0 Å². The molecule has 0 spiro atoms. The fraction of sp³-hybridized carbons (Fsp3) is 0.538. The van der Waals surface area contributed by atoms with Gasteiger partial charge in [0, 0.05) is 44.7 Å². The van der Waals surface area contributed by atoms with Crippen molar-refractivity contribution >= 4 is 0 Å². The topological polar surface area (TPSA) is 82.0 Å². The van der Waals surface area contributed by atoms with Crippen LogP contribution in [0.1, 0.15) is 18.4 Å².